The summed E-state index contributed by atoms with van der Waals surface area (Å²) < 4.78 is 6.45. The fraction of sp³-hybridized carbons (Fsp3) is 0.368. The molecule has 26 heavy (non-hydrogen) atoms. The maximum Gasteiger partial charge on any atom is 0.270 e. The van der Waals surface area contributed by atoms with Gasteiger partial charge in [0.05, 0.1) is 42.9 Å². The van der Waals surface area contributed by atoms with Crippen molar-refractivity contribution in [2.24, 2.45) is 0 Å². The summed E-state index contributed by atoms with van der Waals surface area (Å²) >= 11 is 3.01. The number of ether oxygens (including phenoxy) is 1. The Morgan fingerprint density at radius 2 is 2.04 bits per heavy atom. The van der Waals surface area contributed by atoms with E-state index in [1.165, 1.54) is 27.6 Å². The minimum atomic E-state index is 0.0181. The summed E-state index contributed by atoms with van der Waals surface area (Å²) in [4.78, 5) is 21.9. The predicted octanol–water partition coefficient (Wildman–Crippen LogP) is 2.94. The Kier molecular flexibility index (Phi) is 6.24. The number of carbonyl (C=O) groups is 1. The molecule has 138 valence electrons. The maximum absolute atomic E-state index is 13.1. The standard InChI is InChI=1S/C19H23N3O2S2/c1-4-21(5-2)11-12-22(18(23)16-10-7-13-25-16)19-20-17-14(24-3)8-6-9-15(17)26-19/h6-10,13H,4-5,11-12H2,1-3H3/p+1. The summed E-state index contributed by atoms with van der Waals surface area (Å²) in [6.45, 7) is 7.99. The average molecular weight is 391 g/mol. The summed E-state index contributed by atoms with van der Waals surface area (Å²) in [6.07, 6.45) is 0. The summed E-state index contributed by atoms with van der Waals surface area (Å²) in [6, 6.07) is 9.65. The number of rotatable bonds is 8. The molecule has 0 unspecified atom stereocenters. The van der Waals surface area contributed by atoms with E-state index in [-0.39, 0.29) is 5.91 Å². The van der Waals surface area contributed by atoms with Gasteiger partial charge in [0, 0.05) is 0 Å². The number of benzene rings is 1. The van der Waals surface area contributed by atoms with Crippen LogP contribution in [0.4, 0.5) is 5.13 Å². The van der Waals surface area contributed by atoms with Gasteiger partial charge in [-0.2, -0.15) is 0 Å². The van der Waals surface area contributed by atoms with E-state index >= 15 is 0 Å². The van der Waals surface area contributed by atoms with Crippen molar-refractivity contribution >= 4 is 43.9 Å². The van der Waals surface area contributed by atoms with Crippen molar-refractivity contribution in [3.05, 3.63) is 40.6 Å². The highest BCUT2D eigenvalue weighted by molar-refractivity contribution is 7.22. The first-order chi connectivity index (χ1) is 12.7. The molecule has 0 fully saturated rings. The minimum Gasteiger partial charge on any atom is -0.494 e. The topological polar surface area (TPSA) is 46.9 Å². The van der Waals surface area contributed by atoms with Gasteiger partial charge >= 0.3 is 0 Å². The van der Waals surface area contributed by atoms with Gasteiger partial charge < -0.3 is 9.64 Å². The Morgan fingerprint density at radius 1 is 1.23 bits per heavy atom. The van der Waals surface area contributed by atoms with Crippen molar-refractivity contribution in [2.45, 2.75) is 13.8 Å². The summed E-state index contributed by atoms with van der Waals surface area (Å²) in [7, 11) is 1.64. The van der Waals surface area contributed by atoms with Gasteiger partial charge in [0.1, 0.15) is 11.3 Å². The molecule has 3 rings (SSSR count). The van der Waals surface area contributed by atoms with E-state index < -0.39 is 0 Å². The number of thiophene rings is 1. The first kappa shape index (κ1) is 18.8. The van der Waals surface area contributed by atoms with Gasteiger partial charge in [-0.05, 0) is 37.4 Å². The molecule has 3 aromatic rings. The lowest BCUT2D eigenvalue weighted by Crippen LogP contribution is -3.12. The highest BCUT2D eigenvalue weighted by Gasteiger charge is 2.24. The number of amides is 1. The highest BCUT2D eigenvalue weighted by Crippen LogP contribution is 2.34. The van der Waals surface area contributed by atoms with E-state index in [1.807, 2.05) is 40.6 Å². The minimum absolute atomic E-state index is 0.0181. The third-order valence-electron chi connectivity index (χ3n) is 4.49. The maximum atomic E-state index is 13.1. The fourth-order valence-corrected chi connectivity index (χ4v) is 4.56. The van der Waals surface area contributed by atoms with Crippen LogP contribution in [0.15, 0.2) is 35.7 Å². The van der Waals surface area contributed by atoms with Crippen molar-refractivity contribution < 1.29 is 14.4 Å². The molecule has 0 saturated carbocycles. The predicted molar refractivity (Wildman–Crippen MR) is 109 cm³/mol. The molecule has 2 heterocycles. The van der Waals surface area contributed by atoms with Crippen LogP contribution >= 0.6 is 22.7 Å². The molecule has 0 aliphatic rings. The zero-order valence-corrected chi connectivity index (χ0v) is 17.0. The van der Waals surface area contributed by atoms with E-state index in [9.17, 15) is 4.79 Å². The normalized spacial score (nSPS) is 11.2. The number of hydrogen-bond acceptors (Lipinski definition) is 5. The second kappa shape index (κ2) is 8.62. The van der Waals surface area contributed by atoms with Gasteiger partial charge in [-0.3, -0.25) is 9.69 Å². The summed E-state index contributed by atoms with van der Waals surface area (Å²) in [5, 5.41) is 2.66. The van der Waals surface area contributed by atoms with Crippen LogP contribution in [0.25, 0.3) is 10.2 Å². The van der Waals surface area contributed by atoms with Crippen LogP contribution in [0.3, 0.4) is 0 Å². The Balaban J connectivity index is 1.95. The van der Waals surface area contributed by atoms with Crippen LogP contribution in [-0.4, -0.2) is 44.2 Å². The first-order valence-electron chi connectivity index (χ1n) is 8.80. The number of aromatic nitrogens is 1. The van der Waals surface area contributed by atoms with Gasteiger partial charge in [0.15, 0.2) is 5.13 Å². The van der Waals surface area contributed by atoms with E-state index in [2.05, 4.69) is 13.8 Å². The van der Waals surface area contributed by atoms with Crippen LogP contribution < -0.4 is 14.5 Å². The lowest BCUT2D eigenvalue weighted by molar-refractivity contribution is -0.894. The monoisotopic (exact) mass is 390 g/mol. The van der Waals surface area contributed by atoms with Crippen LogP contribution in [0, 0.1) is 0 Å². The molecule has 1 aromatic carbocycles. The van der Waals surface area contributed by atoms with E-state index in [0.29, 0.717) is 6.54 Å². The molecule has 0 bridgehead atoms. The number of nitrogens with zero attached hydrogens (tertiary/aromatic N) is 2. The van der Waals surface area contributed by atoms with E-state index in [1.54, 1.807) is 7.11 Å². The molecule has 5 nitrogen and oxygen atoms in total. The van der Waals surface area contributed by atoms with Gasteiger partial charge in [-0.1, -0.05) is 23.5 Å². The number of thiazole rings is 1. The average Bonchev–Trinajstić information content (AvgIpc) is 3.34. The second-order valence-corrected chi connectivity index (χ2v) is 7.90. The number of methoxy groups -OCH3 is 1. The Hall–Kier alpha value is -1.96. The van der Waals surface area contributed by atoms with Crippen molar-refractivity contribution in [1.82, 2.24) is 4.98 Å². The molecule has 1 N–H and O–H groups in total. The first-order valence-corrected chi connectivity index (χ1v) is 10.5. The summed E-state index contributed by atoms with van der Waals surface area (Å²) in [5.74, 6) is 0.757. The van der Waals surface area contributed by atoms with Crippen LogP contribution in [0.1, 0.15) is 23.5 Å². The largest absolute Gasteiger partial charge is 0.494 e. The van der Waals surface area contributed by atoms with Crippen molar-refractivity contribution in [2.75, 3.05) is 38.2 Å². The van der Waals surface area contributed by atoms with E-state index in [4.69, 9.17) is 9.72 Å². The molecular weight excluding hydrogens is 366 g/mol. The fourth-order valence-electron chi connectivity index (χ4n) is 2.88. The number of likely N-dealkylation sites (N-methyl/N-ethyl adjacent to an activating group) is 1. The third kappa shape index (κ3) is 3.90. The molecule has 7 heteroatoms. The lowest BCUT2D eigenvalue weighted by Gasteiger charge is -2.22. The van der Waals surface area contributed by atoms with Gasteiger partial charge in [0.25, 0.3) is 5.91 Å². The summed E-state index contributed by atoms with van der Waals surface area (Å²) in [5.41, 5.74) is 0.814. The molecule has 0 atom stereocenters. The molecular formula is C19H24N3O2S2+. The van der Waals surface area contributed by atoms with Crippen molar-refractivity contribution in [3.8, 4) is 5.75 Å². The Bertz CT molecular complexity index is 857. The van der Waals surface area contributed by atoms with Crippen LogP contribution in [0.2, 0.25) is 0 Å². The number of anilines is 1. The van der Waals surface area contributed by atoms with Crippen molar-refractivity contribution in [1.29, 1.82) is 0 Å². The van der Waals surface area contributed by atoms with Gasteiger partial charge in [-0.15, -0.1) is 11.3 Å². The quantitative estimate of drug-likeness (QED) is 0.643. The zero-order chi connectivity index (χ0) is 18.5. The number of para-hydroxylation sites is 1. The lowest BCUT2D eigenvalue weighted by atomic mass is 10.3. The Morgan fingerprint density at radius 3 is 2.69 bits per heavy atom. The van der Waals surface area contributed by atoms with Gasteiger partial charge in [-0.25, -0.2) is 4.98 Å². The number of nitrogens with one attached hydrogen (secondary N) is 1. The van der Waals surface area contributed by atoms with Crippen LogP contribution in [0.5, 0.6) is 5.75 Å². The smallest absolute Gasteiger partial charge is 0.270 e. The number of fused-ring (bicyclic) bond motifs is 1. The third-order valence-corrected chi connectivity index (χ3v) is 6.39. The molecule has 0 aliphatic carbocycles. The molecule has 0 saturated heterocycles. The molecule has 0 spiro atoms. The van der Waals surface area contributed by atoms with Gasteiger partial charge in [0.2, 0.25) is 0 Å². The number of quaternary nitrogens is 1. The zero-order valence-electron chi connectivity index (χ0n) is 15.3. The molecule has 0 radical (unpaired) electrons. The highest BCUT2D eigenvalue weighted by atomic mass is 32.1. The number of carbonyl (C=O) groups excluding carboxylic acids is 1. The van der Waals surface area contributed by atoms with E-state index in [0.717, 1.165) is 45.6 Å². The van der Waals surface area contributed by atoms with Crippen molar-refractivity contribution in [3.63, 3.8) is 0 Å². The SMILES string of the molecule is CC[NH+](CC)CCN(C(=O)c1cccs1)c1nc2c(OC)cccc2s1. The van der Waals surface area contributed by atoms with Crippen LogP contribution in [-0.2, 0) is 0 Å². The number of hydrogen-bond donors (Lipinski definition) is 1. The Labute approximate surface area is 161 Å². The second-order valence-electron chi connectivity index (χ2n) is 5.94. The molecule has 1 amide bonds. The molecule has 0 aliphatic heterocycles. The molecule has 2 aromatic heterocycles.